The Balaban J connectivity index is 1.62. The molecule has 1 aromatic carbocycles. The number of aromatic nitrogens is 2. The Morgan fingerprint density at radius 3 is 2.86 bits per heavy atom. The van der Waals surface area contributed by atoms with Gasteiger partial charge < -0.3 is 10.0 Å². The molecule has 0 amide bonds. The van der Waals surface area contributed by atoms with Gasteiger partial charge in [0.2, 0.25) is 0 Å². The van der Waals surface area contributed by atoms with E-state index < -0.39 is 6.10 Å². The number of aliphatic hydroxyl groups is 1. The van der Waals surface area contributed by atoms with E-state index in [1.807, 2.05) is 18.3 Å². The first-order valence-corrected chi connectivity index (χ1v) is 8.47. The molecule has 1 unspecified atom stereocenters. The molecule has 3 rings (SSSR count). The van der Waals surface area contributed by atoms with Gasteiger partial charge in [0.05, 0.1) is 17.8 Å². The maximum atomic E-state index is 10.6. The third kappa shape index (κ3) is 3.18. The molecule has 1 saturated carbocycles. The van der Waals surface area contributed by atoms with Gasteiger partial charge in [0.1, 0.15) is 0 Å². The molecule has 0 radical (unpaired) electrons. The fraction of sp³-hybridized carbons (Fsp3) is 0.611. The number of nitrogens with one attached hydrogen (secondary N) is 1. The highest BCUT2D eigenvalue weighted by Crippen LogP contribution is 2.28. The van der Waals surface area contributed by atoms with Crippen LogP contribution >= 0.6 is 0 Å². The monoisotopic (exact) mass is 301 g/mol. The SMILES string of the molecule is Cc1c(C(O)CCN(C)C2CCCCC2)ccc2[nH]ncc12. The average molecular weight is 301 g/mol. The number of hydrogen-bond donors (Lipinski definition) is 2. The summed E-state index contributed by atoms with van der Waals surface area (Å²) in [6, 6.07) is 4.75. The lowest BCUT2D eigenvalue weighted by Crippen LogP contribution is -2.34. The van der Waals surface area contributed by atoms with Crippen LogP contribution in [0, 0.1) is 6.92 Å². The lowest BCUT2D eigenvalue weighted by molar-refractivity contribution is 0.125. The minimum atomic E-state index is -0.398. The normalized spacial score (nSPS) is 18.2. The number of aliphatic hydroxyl groups excluding tert-OH is 1. The molecule has 0 saturated heterocycles. The number of nitrogens with zero attached hydrogens (tertiary/aromatic N) is 2. The number of rotatable bonds is 5. The van der Waals surface area contributed by atoms with Crippen molar-refractivity contribution >= 4 is 10.9 Å². The maximum Gasteiger partial charge on any atom is 0.0805 e. The van der Waals surface area contributed by atoms with E-state index >= 15 is 0 Å². The van der Waals surface area contributed by atoms with Gasteiger partial charge in [-0.1, -0.05) is 25.3 Å². The summed E-state index contributed by atoms with van der Waals surface area (Å²) < 4.78 is 0. The van der Waals surface area contributed by atoms with Gasteiger partial charge in [-0.15, -0.1) is 0 Å². The minimum Gasteiger partial charge on any atom is -0.388 e. The third-order valence-corrected chi connectivity index (χ3v) is 5.25. The van der Waals surface area contributed by atoms with E-state index in [0.717, 1.165) is 35.0 Å². The zero-order valence-corrected chi connectivity index (χ0v) is 13.7. The van der Waals surface area contributed by atoms with Gasteiger partial charge in [-0.05, 0) is 50.4 Å². The molecule has 22 heavy (non-hydrogen) atoms. The van der Waals surface area contributed by atoms with Crippen molar-refractivity contribution in [2.45, 2.75) is 57.6 Å². The lowest BCUT2D eigenvalue weighted by Gasteiger charge is -2.31. The van der Waals surface area contributed by atoms with E-state index in [0.29, 0.717) is 6.04 Å². The van der Waals surface area contributed by atoms with Gasteiger partial charge in [0.25, 0.3) is 0 Å². The Kier molecular flexibility index (Phi) is 4.79. The first kappa shape index (κ1) is 15.5. The summed E-state index contributed by atoms with van der Waals surface area (Å²) >= 11 is 0. The van der Waals surface area contributed by atoms with E-state index in [1.54, 1.807) is 0 Å². The van der Waals surface area contributed by atoms with Crippen molar-refractivity contribution in [3.05, 3.63) is 29.5 Å². The molecule has 1 aliphatic carbocycles. The van der Waals surface area contributed by atoms with Crippen molar-refractivity contribution in [1.29, 1.82) is 0 Å². The summed E-state index contributed by atoms with van der Waals surface area (Å²) in [6.07, 6.45) is 8.95. The van der Waals surface area contributed by atoms with Crippen LogP contribution in [0.25, 0.3) is 10.9 Å². The molecule has 1 atom stereocenters. The second-order valence-electron chi connectivity index (χ2n) is 6.69. The van der Waals surface area contributed by atoms with Crippen LogP contribution in [0.3, 0.4) is 0 Å². The van der Waals surface area contributed by atoms with Crippen LogP contribution in [0.1, 0.15) is 55.8 Å². The average Bonchev–Trinajstić information content (AvgIpc) is 3.03. The third-order valence-electron chi connectivity index (χ3n) is 5.25. The number of aryl methyl sites for hydroxylation is 1. The second-order valence-corrected chi connectivity index (χ2v) is 6.69. The van der Waals surface area contributed by atoms with E-state index in [9.17, 15) is 5.11 Å². The van der Waals surface area contributed by atoms with Gasteiger partial charge in [0.15, 0.2) is 0 Å². The molecule has 1 aliphatic rings. The smallest absolute Gasteiger partial charge is 0.0805 e. The van der Waals surface area contributed by atoms with Crippen LogP contribution in [-0.2, 0) is 0 Å². The van der Waals surface area contributed by atoms with Gasteiger partial charge in [0, 0.05) is 18.0 Å². The van der Waals surface area contributed by atoms with Crippen molar-refractivity contribution in [2.75, 3.05) is 13.6 Å². The predicted molar refractivity (Wildman–Crippen MR) is 89.9 cm³/mol. The number of aromatic amines is 1. The van der Waals surface area contributed by atoms with Gasteiger partial charge in [-0.3, -0.25) is 5.10 Å². The summed E-state index contributed by atoms with van der Waals surface area (Å²) in [5, 5.41) is 18.8. The van der Waals surface area contributed by atoms with E-state index in [2.05, 4.69) is 29.1 Å². The first-order valence-electron chi connectivity index (χ1n) is 8.47. The topological polar surface area (TPSA) is 52.1 Å². The molecular weight excluding hydrogens is 274 g/mol. The quantitative estimate of drug-likeness (QED) is 0.888. The van der Waals surface area contributed by atoms with Crippen LogP contribution in [0.4, 0.5) is 0 Å². The van der Waals surface area contributed by atoms with Crippen molar-refractivity contribution in [1.82, 2.24) is 15.1 Å². The zero-order valence-electron chi connectivity index (χ0n) is 13.7. The van der Waals surface area contributed by atoms with E-state index in [-0.39, 0.29) is 0 Å². The van der Waals surface area contributed by atoms with Crippen LogP contribution in [0.5, 0.6) is 0 Å². The Morgan fingerprint density at radius 1 is 1.32 bits per heavy atom. The van der Waals surface area contributed by atoms with Crippen molar-refractivity contribution in [2.24, 2.45) is 0 Å². The Bertz CT molecular complexity index is 616. The molecule has 2 aromatic rings. The summed E-state index contributed by atoms with van der Waals surface area (Å²) in [7, 11) is 2.20. The molecular formula is C18H27N3O. The second kappa shape index (κ2) is 6.80. The molecule has 0 spiro atoms. The highest BCUT2D eigenvalue weighted by Gasteiger charge is 2.19. The Morgan fingerprint density at radius 2 is 2.09 bits per heavy atom. The van der Waals surface area contributed by atoms with Crippen LogP contribution in [0.15, 0.2) is 18.3 Å². The van der Waals surface area contributed by atoms with E-state index in [1.165, 1.54) is 32.1 Å². The molecule has 0 aliphatic heterocycles. The lowest BCUT2D eigenvalue weighted by atomic mass is 9.94. The molecule has 2 N–H and O–H groups in total. The number of hydrogen-bond acceptors (Lipinski definition) is 3. The fourth-order valence-corrected chi connectivity index (χ4v) is 3.72. The summed E-state index contributed by atoms with van der Waals surface area (Å²) in [4.78, 5) is 2.44. The van der Waals surface area contributed by atoms with Gasteiger partial charge in [-0.25, -0.2) is 0 Å². The predicted octanol–water partition coefficient (Wildman–Crippen LogP) is 3.56. The largest absolute Gasteiger partial charge is 0.388 e. The zero-order chi connectivity index (χ0) is 15.5. The summed E-state index contributed by atoms with van der Waals surface area (Å²) in [5.74, 6) is 0. The maximum absolute atomic E-state index is 10.6. The molecule has 120 valence electrons. The Hall–Kier alpha value is -1.39. The number of fused-ring (bicyclic) bond motifs is 1. The molecule has 4 heteroatoms. The highest BCUT2D eigenvalue weighted by molar-refractivity contribution is 5.82. The summed E-state index contributed by atoms with van der Waals surface area (Å²) in [5.41, 5.74) is 3.21. The molecule has 0 bridgehead atoms. The van der Waals surface area contributed by atoms with Gasteiger partial charge >= 0.3 is 0 Å². The minimum absolute atomic E-state index is 0.398. The number of H-pyrrole nitrogens is 1. The van der Waals surface area contributed by atoms with Crippen molar-refractivity contribution in [3.63, 3.8) is 0 Å². The van der Waals surface area contributed by atoms with Crippen molar-refractivity contribution in [3.8, 4) is 0 Å². The van der Waals surface area contributed by atoms with E-state index in [4.69, 9.17) is 0 Å². The van der Waals surface area contributed by atoms with Crippen LogP contribution in [0.2, 0.25) is 0 Å². The first-order chi connectivity index (χ1) is 10.7. The van der Waals surface area contributed by atoms with Crippen molar-refractivity contribution < 1.29 is 5.11 Å². The van der Waals surface area contributed by atoms with Gasteiger partial charge in [-0.2, -0.15) is 5.10 Å². The molecule has 1 heterocycles. The molecule has 4 nitrogen and oxygen atoms in total. The fourth-order valence-electron chi connectivity index (χ4n) is 3.72. The summed E-state index contributed by atoms with van der Waals surface area (Å²) in [6.45, 7) is 3.02. The van der Waals surface area contributed by atoms with Crippen LogP contribution in [-0.4, -0.2) is 39.8 Å². The highest BCUT2D eigenvalue weighted by atomic mass is 16.3. The number of benzene rings is 1. The Labute approximate surface area is 132 Å². The standard InChI is InChI=1S/C18H27N3O/c1-13-15(8-9-17-16(13)12-19-20-17)18(22)10-11-21(2)14-6-4-3-5-7-14/h8-9,12,14,18,22H,3-7,10-11H2,1-2H3,(H,19,20). The van der Waals surface area contributed by atoms with Crippen LogP contribution < -0.4 is 0 Å². The molecule has 1 fully saturated rings. The molecule has 1 aromatic heterocycles.